The third kappa shape index (κ3) is 5.14. The number of benzene rings is 1. The van der Waals surface area contributed by atoms with E-state index in [0.29, 0.717) is 0 Å². The molecule has 1 aliphatic heterocycles. The summed E-state index contributed by atoms with van der Waals surface area (Å²) in [6.07, 6.45) is -0.343. The van der Waals surface area contributed by atoms with Crippen LogP contribution in [0.1, 0.15) is 40.3 Å². The number of para-hydroxylation sites is 1. The predicted molar refractivity (Wildman–Crippen MR) is 132 cm³/mol. The summed E-state index contributed by atoms with van der Waals surface area (Å²) < 4.78 is 37.4. The van der Waals surface area contributed by atoms with Crippen molar-refractivity contribution in [2.45, 2.75) is 68.6 Å². The van der Waals surface area contributed by atoms with Gasteiger partial charge in [0, 0.05) is 18.7 Å². The van der Waals surface area contributed by atoms with Crippen molar-refractivity contribution in [2.24, 2.45) is 0 Å². The summed E-state index contributed by atoms with van der Waals surface area (Å²) in [7, 11) is -4.24. The third-order valence-electron chi connectivity index (χ3n) is 6.38. The van der Waals surface area contributed by atoms with Gasteiger partial charge in [-0.3, -0.25) is 23.7 Å². The van der Waals surface area contributed by atoms with E-state index in [-0.39, 0.29) is 12.2 Å². The van der Waals surface area contributed by atoms with Crippen molar-refractivity contribution in [1.29, 1.82) is 0 Å². The molecule has 37 heavy (non-hydrogen) atoms. The van der Waals surface area contributed by atoms with Gasteiger partial charge in [0.25, 0.3) is 5.56 Å². The van der Waals surface area contributed by atoms with Crippen molar-refractivity contribution in [2.75, 3.05) is 6.61 Å². The molecule has 0 amide bonds. The summed E-state index contributed by atoms with van der Waals surface area (Å²) in [6.45, 7) is 5.84. The number of aromatic nitrogens is 2. The van der Waals surface area contributed by atoms with Gasteiger partial charge in [-0.15, -0.1) is 11.6 Å². The summed E-state index contributed by atoms with van der Waals surface area (Å²) in [6, 6.07) is 8.24. The van der Waals surface area contributed by atoms with Gasteiger partial charge in [0.1, 0.15) is 27.9 Å². The fraction of sp³-hybridized carbons (Fsp3) is 0.522. The lowest BCUT2D eigenvalue weighted by Gasteiger charge is -2.30. The highest BCUT2D eigenvalue weighted by Gasteiger charge is 2.84. The highest BCUT2D eigenvalue weighted by Crippen LogP contribution is 2.70. The number of halogens is 1. The van der Waals surface area contributed by atoms with E-state index in [2.05, 4.69) is 10.1 Å². The summed E-state index contributed by atoms with van der Waals surface area (Å²) in [5.74, 6) is -0.460. The molecule has 2 aliphatic rings. The number of rotatable bonds is 10. The molecule has 202 valence electrons. The maximum absolute atomic E-state index is 13.8. The van der Waals surface area contributed by atoms with Crippen LogP contribution in [0.2, 0.25) is 0 Å². The molecule has 14 heteroatoms. The largest absolute Gasteiger partial charge is 0.462 e. The molecule has 1 aromatic heterocycles. The minimum Gasteiger partial charge on any atom is -0.462 e. The van der Waals surface area contributed by atoms with Crippen molar-refractivity contribution in [1.82, 2.24) is 14.6 Å². The van der Waals surface area contributed by atoms with Crippen LogP contribution in [0.15, 0.2) is 52.2 Å². The predicted octanol–water partition coefficient (Wildman–Crippen LogP) is 2.07. The van der Waals surface area contributed by atoms with Gasteiger partial charge < -0.3 is 19.1 Å². The van der Waals surface area contributed by atoms with Gasteiger partial charge in [-0.1, -0.05) is 18.2 Å². The van der Waals surface area contributed by atoms with Gasteiger partial charge in [-0.25, -0.2) is 9.36 Å². The first-order chi connectivity index (χ1) is 17.2. The van der Waals surface area contributed by atoms with Gasteiger partial charge in [0.2, 0.25) is 0 Å². The van der Waals surface area contributed by atoms with Crippen LogP contribution in [-0.4, -0.2) is 55.5 Å². The standard InChI is InChI=1S/C23H29ClN3O9P/c1-14(2)34-18(29)15(3)26-37(32,36-16-8-6-5-7-9-16)33-13-22-12-23(22,31)21(4,24)19(35-22)27-11-10-17(28)25-20(27)30/h5-11,14-15,19,31H,12-13H2,1-4H3,(H,26,32)(H,25,28,30)/t15?,19-,21+,22-,23+,37?/m1/s1. The van der Waals surface area contributed by atoms with Crippen molar-refractivity contribution in [3.8, 4) is 5.75 Å². The van der Waals surface area contributed by atoms with Crippen molar-refractivity contribution < 1.29 is 33.0 Å². The number of H-pyrrole nitrogens is 1. The molecule has 2 unspecified atom stereocenters. The maximum Gasteiger partial charge on any atom is 0.459 e. The number of esters is 1. The molecule has 1 aliphatic carbocycles. The van der Waals surface area contributed by atoms with E-state index in [1.54, 1.807) is 44.2 Å². The van der Waals surface area contributed by atoms with E-state index in [9.17, 15) is 24.1 Å². The van der Waals surface area contributed by atoms with Crippen LogP contribution in [-0.2, 0) is 23.4 Å². The van der Waals surface area contributed by atoms with E-state index in [1.165, 1.54) is 20.0 Å². The van der Waals surface area contributed by atoms with Crippen molar-refractivity contribution >= 4 is 25.3 Å². The molecule has 2 aromatic rings. The number of nitrogens with zero attached hydrogens (tertiary/aromatic N) is 1. The summed E-state index contributed by atoms with van der Waals surface area (Å²) in [5.41, 5.74) is -4.49. The highest BCUT2D eigenvalue weighted by molar-refractivity contribution is 7.52. The maximum atomic E-state index is 13.8. The highest BCUT2D eigenvalue weighted by atomic mass is 35.5. The SMILES string of the molecule is CC(C)OC(=O)C(C)NP(=O)(OC[C@]12C[C@]1(O)[C@@](C)(Cl)[C@H](n1ccc(=O)[nH]c1=O)O2)Oc1ccccc1. The molecule has 1 saturated carbocycles. The molecule has 0 bridgehead atoms. The van der Waals surface area contributed by atoms with E-state index >= 15 is 0 Å². The lowest BCUT2D eigenvalue weighted by atomic mass is 9.99. The lowest BCUT2D eigenvalue weighted by molar-refractivity contribution is -0.149. The van der Waals surface area contributed by atoms with Gasteiger partial charge in [0.05, 0.1) is 12.7 Å². The number of aromatic amines is 1. The van der Waals surface area contributed by atoms with E-state index in [1.807, 2.05) is 0 Å². The number of aliphatic hydroxyl groups is 1. The Bertz CT molecular complexity index is 1330. The first kappa shape index (κ1) is 27.6. The average molecular weight is 558 g/mol. The molecule has 2 heterocycles. The number of carbonyl (C=O) groups excluding carboxylic acids is 1. The van der Waals surface area contributed by atoms with Gasteiger partial charge in [0.15, 0.2) is 6.23 Å². The summed E-state index contributed by atoms with van der Waals surface area (Å²) in [5, 5.41) is 13.9. The van der Waals surface area contributed by atoms with Crippen molar-refractivity contribution in [3.05, 3.63) is 63.4 Å². The van der Waals surface area contributed by atoms with Crippen LogP contribution < -0.4 is 20.9 Å². The normalized spacial score (nSPS) is 30.8. The van der Waals surface area contributed by atoms with Crippen LogP contribution in [0.5, 0.6) is 5.75 Å². The fourth-order valence-electron chi connectivity index (χ4n) is 4.31. The second-order valence-electron chi connectivity index (χ2n) is 9.61. The molecule has 1 saturated heterocycles. The van der Waals surface area contributed by atoms with E-state index < -0.39 is 66.0 Å². The minimum atomic E-state index is -4.24. The zero-order valence-corrected chi connectivity index (χ0v) is 22.3. The first-order valence-electron chi connectivity index (χ1n) is 11.6. The van der Waals surface area contributed by atoms with Crippen molar-refractivity contribution in [3.63, 3.8) is 0 Å². The number of nitrogens with one attached hydrogen (secondary N) is 2. The minimum absolute atomic E-state index is 0.0187. The van der Waals surface area contributed by atoms with Gasteiger partial charge in [-0.05, 0) is 39.8 Å². The lowest BCUT2D eigenvalue weighted by Crippen LogP contribution is -2.45. The Morgan fingerprint density at radius 1 is 1.30 bits per heavy atom. The smallest absolute Gasteiger partial charge is 0.459 e. The number of hydrogen-bond acceptors (Lipinski definition) is 9. The Morgan fingerprint density at radius 2 is 1.97 bits per heavy atom. The molecule has 2 fully saturated rings. The zero-order valence-electron chi connectivity index (χ0n) is 20.7. The molecule has 4 rings (SSSR count). The van der Waals surface area contributed by atoms with Gasteiger partial charge >= 0.3 is 19.4 Å². The molecular formula is C23H29ClN3O9P. The molecule has 0 spiro atoms. The average Bonchev–Trinajstić information content (AvgIpc) is 3.38. The molecule has 6 atom stereocenters. The summed E-state index contributed by atoms with van der Waals surface area (Å²) >= 11 is 6.70. The molecular weight excluding hydrogens is 529 g/mol. The van der Waals surface area contributed by atoms with Crippen LogP contribution in [0.25, 0.3) is 0 Å². The van der Waals surface area contributed by atoms with Crippen LogP contribution in [0, 0.1) is 0 Å². The molecule has 12 nitrogen and oxygen atoms in total. The van der Waals surface area contributed by atoms with E-state index in [0.717, 1.165) is 10.6 Å². The monoisotopic (exact) mass is 557 g/mol. The molecule has 0 radical (unpaired) electrons. The number of ether oxygens (including phenoxy) is 2. The zero-order chi connectivity index (χ0) is 27.2. The first-order valence-corrected chi connectivity index (χ1v) is 13.5. The van der Waals surface area contributed by atoms with Crippen LogP contribution in [0.3, 0.4) is 0 Å². The Morgan fingerprint density at radius 3 is 2.59 bits per heavy atom. The van der Waals surface area contributed by atoms with Gasteiger partial charge in [-0.2, -0.15) is 5.09 Å². The topological polar surface area (TPSA) is 158 Å². The Hall–Kier alpha value is -2.47. The summed E-state index contributed by atoms with van der Waals surface area (Å²) in [4.78, 5) is 36.8. The van der Waals surface area contributed by atoms with E-state index in [4.69, 9.17) is 30.1 Å². The fourth-order valence-corrected chi connectivity index (χ4v) is 6.24. The molecule has 1 aromatic carbocycles. The number of hydrogen-bond donors (Lipinski definition) is 3. The Labute approximate surface area is 217 Å². The number of fused-ring (bicyclic) bond motifs is 1. The van der Waals surface area contributed by atoms with Crippen LogP contribution in [0.4, 0.5) is 0 Å². The third-order valence-corrected chi connectivity index (χ3v) is 8.50. The second-order valence-corrected chi connectivity index (χ2v) is 12.1. The Kier molecular flexibility index (Phi) is 7.21. The quantitative estimate of drug-likeness (QED) is 0.224. The number of carbonyl (C=O) groups is 1. The molecule has 3 N–H and O–H groups in total. The second kappa shape index (κ2) is 9.68. The Balaban J connectivity index is 1.57. The van der Waals surface area contributed by atoms with Crippen LogP contribution >= 0.6 is 19.3 Å². The number of alkyl halides is 1.